The highest BCUT2D eigenvalue weighted by Gasteiger charge is 2.80. The van der Waals surface area contributed by atoms with E-state index in [4.69, 9.17) is 43.6 Å². The molecule has 4 saturated carbocycles. The molecule has 6 aliphatic carbocycles. The molecule has 2 unspecified atom stereocenters. The number of carbonyl (C=O) groups is 10. The van der Waals surface area contributed by atoms with E-state index in [1.54, 1.807) is 46.8 Å². The largest absolute Gasteiger partial charge is 0.457 e. The molecule has 6 amide bonds. The molecular formula is C78H112F2N6O20. The van der Waals surface area contributed by atoms with Crippen LogP contribution in [0.2, 0.25) is 0 Å². The average molecular weight is 1490 g/mol. The number of aliphatic hydroxyl groups is 2. The minimum Gasteiger partial charge on any atom is -0.457 e. The van der Waals surface area contributed by atoms with Crippen LogP contribution in [0.3, 0.4) is 0 Å². The highest BCUT2D eigenvalue weighted by atomic mass is 19.1. The number of nitrogens with two attached hydrogens (primary N) is 1. The number of esters is 1. The minimum absolute atomic E-state index is 0.0408. The van der Waals surface area contributed by atoms with Gasteiger partial charge in [-0.2, -0.15) is 0 Å². The molecule has 588 valence electrons. The lowest BCUT2D eigenvalue weighted by Crippen LogP contribution is -2.71. The van der Waals surface area contributed by atoms with Crippen molar-refractivity contribution < 1.29 is 105 Å². The van der Waals surface area contributed by atoms with Crippen LogP contribution in [0.4, 0.5) is 24.1 Å². The lowest BCUT2D eigenvalue weighted by Gasteiger charge is -2.63. The molecule has 26 nitrogen and oxygen atoms in total. The summed E-state index contributed by atoms with van der Waals surface area (Å²) in [6.45, 7) is 13.1. The quantitative estimate of drug-likeness (QED) is 0.0183. The van der Waals surface area contributed by atoms with Gasteiger partial charge in [0.1, 0.15) is 18.8 Å². The summed E-state index contributed by atoms with van der Waals surface area (Å²) >= 11 is 0. The molecule has 1 aliphatic heterocycles. The van der Waals surface area contributed by atoms with Gasteiger partial charge in [-0.15, -0.1) is 11.8 Å². The van der Waals surface area contributed by atoms with Crippen LogP contribution >= 0.6 is 0 Å². The number of benzene rings is 1. The molecule has 28 heteroatoms. The van der Waals surface area contributed by atoms with E-state index < -0.39 is 149 Å². The number of alkyl halides is 2. The summed E-state index contributed by atoms with van der Waals surface area (Å²) in [5.41, 5.74) is -1.34. The summed E-state index contributed by atoms with van der Waals surface area (Å²) in [5.74, 6) is -0.0748. The van der Waals surface area contributed by atoms with Crippen molar-refractivity contribution in [3.8, 4) is 11.8 Å². The van der Waals surface area contributed by atoms with Crippen molar-refractivity contribution in [2.24, 2.45) is 69.8 Å². The van der Waals surface area contributed by atoms with Crippen molar-refractivity contribution >= 4 is 64.6 Å². The first-order valence-electron chi connectivity index (χ1n) is 37.9. The second-order valence-corrected chi connectivity index (χ2v) is 30.6. The summed E-state index contributed by atoms with van der Waals surface area (Å²) in [6.07, 6.45) is 3.02. The lowest BCUT2D eigenvalue weighted by atomic mass is 9.44. The molecule has 1 aromatic rings. The third-order valence-corrected chi connectivity index (χ3v) is 22.6. The Morgan fingerprint density at radius 1 is 0.774 bits per heavy atom. The Balaban J connectivity index is 0.736. The number of alkyl carbamates (subject to hydrolysis) is 1. The Hall–Kier alpha value is -7.10. The SMILES string of the molecule is CCCC1O[C@@H]2C[C@H]3[C@@H]4C[C@H](F)C5=CC(=O)C=C[C@]5(C)[C@@]4(F)[C@@H](O)C[C@]3(C)[C@]2(C(=O)COC(=O)[C@@H](CC(=O)[C@H](CO)NC(=O)OCc2ccc(NC(=O)[C@H](CCCNC(N)=O)CC(=O)[C@@H](NC(=O)CCOCCOCCOCCOCCNC(=O)CCC3[C@H]4CCC#CCC[C@@H]34)C(C)C)cc2)CC(C)C)O1. The second-order valence-electron chi connectivity index (χ2n) is 30.6. The number of anilines is 1. The molecule has 0 spiro atoms. The summed E-state index contributed by atoms with van der Waals surface area (Å²) in [6, 6.07) is 2.96. The van der Waals surface area contributed by atoms with Crippen LogP contribution in [0.15, 0.2) is 48.1 Å². The fourth-order valence-electron chi connectivity index (χ4n) is 17.1. The summed E-state index contributed by atoms with van der Waals surface area (Å²) in [7, 11) is 0. The van der Waals surface area contributed by atoms with Gasteiger partial charge in [-0.05, 0) is 142 Å². The number of hydrogen-bond acceptors (Lipinski definition) is 20. The number of ether oxygens (including phenoxy) is 8. The Bertz CT molecular complexity index is 3340. The number of aliphatic hydroxyl groups excluding tert-OH is 2. The molecule has 1 heterocycles. The van der Waals surface area contributed by atoms with E-state index >= 15 is 8.78 Å². The van der Waals surface area contributed by atoms with Crippen molar-refractivity contribution in [1.29, 1.82) is 0 Å². The van der Waals surface area contributed by atoms with E-state index in [1.807, 2.05) is 6.92 Å². The number of carbonyl (C=O) groups excluding carboxylic acids is 10. The number of ketones is 4. The van der Waals surface area contributed by atoms with Crippen molar-refractivity contribution in [2.45, 2.75) is 212 Å². The fourth-order valence-corrected chi connectivity index (χ4v) is 17.1. The van der Waals surface area contributed by atoms with Gasteiger partial charge in [-0.3, -0.25) is 38.4 Å². The minimum atomic E-state index is -2.44. The number of rotatable bonds is 44. The van der Waals surface area contributed by atoms with Gasteiger partial charge in [0.05, 0.1) is 83.6 Å². The van der Waals surface area contributed by atoms with Gasteiger partial charge in [0.25, 0.3) is 0 Å². The standard InChI is InChI=1S/C78H112F2N6O20/c1-8-14-69-105-66-42-57-58-41-60(79)59-40-53(88)24-26-75(59,6)77(58,80)64(91)43-76(57,7)78(66,106-69)65(92)46-103-72(96)51(37-47(2)3)39-62(89)61(44-87)85-74(98)104-45-49-18-20-52(21-19-49)84-71(95)50(15-13-27-83-73(81)97)38-63(90)70(48(4)5)86-68(94)25-29-99-31-33-101-35-36-102-34-32-100-30-28-82-67(93)23-22-56-54-16-11-9-10-12-17-55(54)56/h18-21,24,26,40,47-48,50-51,54-58,60-61,64,66,69-70,87,91H,8,11-17,22-23,25,27-39,41-46H2,1-7H3,(H,82,93)(H,84,95)(H,85,98)(H,86,94)(H3,81,83,97)/t50-,51-,54-,55+,56?,57+,58+,60+,61+,64+,66-,69?,70+,75+,76+,77+,78-/m1/s1. The third-order valence-electron chi connectivity index (χ3n) is 22.6. The maximum atomic E-state index is 18.1. The smallest absolute Gasteiger partial charge is 0.408 e. The first-order valence-corrected chi connectivity index (χ1v) is 37.9. The van der Waals surface area contributed by atoms with Crippen molar-refractivity contribution in [3.05, 3.63) is 53.6 Å². The molecule has 17 atom stereocenters. The van der Waals surface area contributed by atoms with Crippen LogP contribution in [-0.2, 0) is 82.9 Å². The van der Waals surface area contributed by atoms with Gasteiger partial charge in [-0.25, -0.2) is 18.4 Å². The average Bonchev–Trinajstić information content (AvgIpc) is 1.43. The summed E-state index contributed by atoms with van der Waals surface area (Å²) < 4.78 is 80.7. The molecule has 5 fully saturated rings. The number of hydrogen-bond donors (Lipinski definition) is 8. The van der Waals surface area contributed by atoms with Crippen LogP contribution in [0.5, 0.6) is 0 Å². The Labute approximate surface area is 620 Å². The zero-order valence-electron chi connectivity index (χ0n) is 62.5. The maximum Gasteiger partial charge on any atom is 0.408 e. The normalized spacial score (nSPS) is 28.6. The first-order chi connectivity index (χ1) is 50.6. The van der Waals surface area contributed by atoms with Gasteiger partial charge < -0.3 is 80.4 Å². The zero-order valence-corrected chi connectivity index (χ0v) is 62.5. The first kappa shape index (κ1) is 84.5. The number of Topliss-reactive ketones (excluding diaryl/α,β-unsaturated/α-hetero) is 3. The zero-order chi connectivity index (χ0) is 76.9. The molecule has 106 heavy (non-hydrogen) atoms. The van der Waals surface area contributed by atoms with E-state index in [2.05, 4.69) is 38.4 Å². The van der Waals surface area contributed by atoms with Crippen LogP contribution in [0.25, 0.3) is 0 Å². The van der Waals surface area contributed by atoms with E-state index in [1.165, 1.54) is 31.2 Å². The number of primary amides is 1. The van der Waals surface area contributed by atoms with Crippen LogP contribution < -0.4 is 32.3 Å². The molecular weight excluding hydrogens is 1380 g/mol. The molecule has 9 N–H and O–H groups in total. The highest BCUT2D eigenvalue weighted by molar-refractivity contribution is 6.02. The van der Waals surface area contributed by atoms with Gasteiger partial charge in [0.2, 0.25) is 23.5 Å². The number of urea groups is 1. The molecule has 0 radical (unpaired) electrons. The van der Waals surface area contributed by atoms with E-state index in [0.717, 1.165) is 50.0 Å². The number of fused-ring (bicyclic) bond motifs is 8. The molecule has 0 bridgehead atoms. The predicted octanol–water partition coefficient (Wildman–Crippen LogP) is 7.11. The highest BCUT2D eigenvalue weighted by Crippen LogP contribution is 2.72. The topological polar surface area (TPSA) is 371 Å². The number of halogens is 2. The number of allylic oxidation sites excluding steroid dienone is 4. The number of nitrogens with one attached hydrogen (secondary N) is 5. The van der Waals surface area contributed by atoms with E-state index in [-0.39, 0.29) is 113 Å². The monoisotopic (exact) mass is 1490 g/mol. The molecule has 1 aromatic carbocycles. The van der Waals surface area contributed by atoms with E-state index in [9.17, 15) is 58.2 Å². The van der Waals surface area contributed by atoms with Gasteiger partial charge in [0, 0.05) is 80.0 Å². The van der Waals surface area contributed by atoms with Crippen molar-refractivity contribution in [1.82, 2.24) is 21.3 Å². The molecule has 8 rings (SSSR count). The van der Waals surface area contributed by atoms with Gasteiger partial charge in [0.15, 0.2) is 41.5 Å². The fraction of sp³-hybridized carbons (Fsp3) is 0.718. The summed E-state index contributed by atoms with van der Waals surface area (Å²) in [4.78, 5) is 133. The predicted molar refractivity (Wildman–Crippen MR) is 383 cm³/mol. The molecule has 1 saturated heterocycles. The molecule has 7 aliphatic rings. The number of amides is 6. The lowest BCUT2D eigenvalue weighted by molar-refractivity contribution is -0.235. The Morgan fingerprint density at radius 3 is 2.06 bits per heavy atom. The maximum absolute atomic E-state index is 18.1. The van der Waals surface area contributed by atoms with Crippen molar-refractivity contribution in [3.63, 3.8) is 0 Å². The van der Waals surface area contributed by atoms with Crippen molar-refractivity contribution in [2.75, 3.05) is 84.5 Å². The third kappa shape index (κ3) is 21.2. The Morgan fingerprint density at radius 2 is 1.42 bits per heavy atom. The van der Waals surface area contributed by atoms with Gasteiger partial charge in [-0.1, -0.05) is 66.2 Å². The van der Waals surface area contributed by atoms with Crippen LogP contribution in [-0.4, -0.2) is 196 Å². The molecule has 0 aromatic heterocycles. The van der Waals surface area contributed by atoms with E-state index in [0.29, 0.717) is 76.0 Å². The second kappa shape index (κ2) is 39.3. The van der Waals surface area contributed by atoms with Gasteiger partial charge >= 0.3 is 18.1 Å². The van der Waals surface area contributed by atoms with Crippen LogP contribution in [0.1, 0.15) is 163 Å². The Kier molecular flexibility index (Phi) is 31.4. The van der Waals surface area contributed by atoms with Crippen LogP contribution in [0, 0.1) is 75.9 Å². The summed E-state index contributed by atoms with van der Waals surface area (Å²) in [5, 5.41) is 35.7.